The van der Waals surface area contributed by atoms with Gasteiger partial charge in [-0.25, -0.2) is 38.3 Å². The number of hydrogen-bond donors (Lipinski definition) is 3. The Labute approximate surface area is 346 Å². The van der Waals surface area contributed by atoms with Crippen molar-refractivity contribution >= 4 is 59.9 Å². The Kier molecular flexibility index (Phi) is 16.2. The molecule has 9 atom stereocenters. The topological polar surface area (TPSA) is 269 Å². The average Bonchev–Trinajstić information content (AvgIpc) is 3.94. The molecule has 2 unspecified atom stereocenters. The molecule has 26 heteroatoms. The number of fused-ring (bicyclic) bond motifs is 3. The molecule has 0 amide bonds. The predicted octanol–water partition coefficient (Wildman–Crippen LogP) is 5.48. The van der Waals surface area contributed by atoms with E-state index in [4.69, 9.17) is 38.3 Å². The van der Waals surface area contributed by atoms with E-state index in [-0.39, 0.29) is 34.6 Å². The molecule has 2 fully saturated rings. The lowest BCUT2D eigenvalue weighted by Gasteiger charge is -2.32. The highest BCUT2D eigenvalue weighted by Gasteiger charge is 2.50. The second-order valence-corrected chi connectivity index (χ2v) is 19.9. The van der Waals surface area contributed by atoms with E-state index >= 15 is 8.78 Å². The second-order valence-electron chi connectivity index (χ2n) is 14.1. The van der Waals surface area contributed by atoms with Crippen molar-refractivity contribution in [2.45, 2.75) is 114 Å². The number of hydrogen-bond acceptors (Lipinski definition) is 18. The van der Waals surface area contributed by atoms with Gasteiger partial charge in [0.15, 0.2) is 47.4 Å². The Morgan fingerprint density at radius 3 is 2.37 bits per heavy atom. The van der Waals surface area contributed by atoms with E-state index in [1.54, 1.807) is 0 Å². The molecule has 0 bridgehead atoms. The third-order valence-electron chi connectivity index (χ3n) is 9.92. The van der Waals surface area contributed by atoms with Gasteiger partial charge in [0.1, 0.15) is 42.4 Å². The number of nitrogen functional groups attached to an aromatic ring is 1. The fourth-order valence-electron chi connectivity index (χ4n) is 6.70. The van der Waals surface area contributed by atoms with Crippen LogP contribution in [0.15, 0.2) is 30.1 Å². The van der Waals surface area contributed by atoms with E-state index < -0.39 is 94.5 Å². The summed E-state index contributed by atoms with van der Waals surface area (Å²) in [5.41, 5.74) is 5.04. The third-order valence-corrected chi connectivity index (χ3v) is 14.3. The van der Waals surface area contributed by atoms with Crippen LogP contribution in [0.3, 0.4) is 0 Å². The van der Waals surface area contributed by atoms with Crippen molar-refractivity contribution in [1.29, 1.82) is 0 Å². The zero-order valence-electron chi connectivity index (χ0n) is 33.0. The van der Waals surface area contributed by atoms with Gasteiger partial charge in [-0.05, 0) is 6.42 Å². The largest absolute Gasteiger partial charge is 0.454 e. The normalized spacial score (nSPS) is 29.4. The van der Waals surface area contributed by atoms with Crippen LogP contribution in [-0.2, 0) is 46.4 Å². The monoisotopic (exact) mass is 907 g/mol. The molecule has 2 aliphatic heterocycles. The molecule has 6 rings (SSSR count). The number of esters is 1. The smallest absolute Gasteiger partial charge is 0.394 e. The lowest BCUT2D eigenvalue weighted by Crippen LogP contribution is -2.38. The van der Waals surface area contributed by atoms with Crippen molar-refractivity contribution in [1.82, 2.24) is 39.0 Å². The van der Waals surface area contributed by atoms with Crippen LogP contribution in [0.25, 0.3) is 22.3 Å². The van der Waals surface area contributed by atoms with Crippen LogP contribution in [0.4, 0.5) is 14.6 Å². The number of nitrogens with two attached hydrogens (primary N) is 1. The molecule has 2 saturated heterocycles. The minimum Gasteiger partial charge on any atom is -0.454 e. The van der Waals surface area contributed by atoms with Crippen molar-refractivity contribution in [3.63, 3.8) is 0 Å². The molecule has 4 aromatic rings. The molecule has 4 aromatic heterocycles. The summed E-state index contributed by atoms with van der Waals surface area (Å²) in [4.78, 5) is 58.6. The SMILES string of the molecule is CCCCCCCCCCCC(=O)OCSP1(=O)OC[C@H]2O[C@@H](n3cnc4c(N)ncnc43)[C@H](F)[C@@H]2OCP(=O)(O)OC[C@@H](OC)[C@@H](F)[C@H](n2cnc3c(=O)[nH]cnc32)O1. The number of nitrogens with one attached hydrogen (secondary N) is 1. The Morgan fingerprint density at radius 1 is 0.950 bits per heavy atom. The highest BCUT2D eigenvalue weighted by Crippen LogP contribution is 2.64. The van der Waals surface area contributed by atoms with Crippen LogP contribution in [0, 0.1) is 0 Å². The van der Waals surface area contributed by atoms with Crippen molar-refractivity contribution in [3.8, 4) is 0 Å². The minimum atomic E-state index is -4.76. The fourth-order valence-corrected chi connectivity index (χ4v) is 10.2. The molecule has 0 aromatic carbocycles. The van der Waals surface area contributed by atoms with E-state index in [2.05, 4.69) is 36.8 Å². The number of anilines is 1. The molecular weight excluding hydrogens is 858 g/mol. The first-order valence-electron chi connectivity index (χ1n) is 19.5. The molecular formula is C34H49F2N9O12P2S. The summed E-state index contributed by atoms with van der Waals surface area (Å²) in [5.74, 6) is -1.15. The standard InChI is InChI=1S/C34H49F2N9O12P2S/c1-3-4-5-6-7-8-9-10-11-12-23(46)53-20-60-59(50)55-14-22-28(25(36)33(56-22)44-17-42-26-29(37)38-15-39-30(26)44)52-19-58(48,49)54-13-21(51-2)24(35)34(57-59)45-18-43-27-31(45)40-16-41-32(27)47/h15-18,21-22,24-25,28,33-34H,3-14,19-20H2,1-2H3,(H,48,49)(H2,37,38,39)(H,40,41,47)/t21-,22-,24-,25-,28-,33-,34-,59?/m1/s1. The lowest BCUT2D eigenvalue weighted by molar-refractivity contribution is -0.141. The van der Waals surface area contributed by atoms with Gasteiger partial charge in [0.05, 0.1) is 32.2 Å². The first-order valence-corrected chi connectivity index (χ1v) is 24.3. The molecule has 21 nitrogen and oxygen atoms in total. The lowest BCUT2D eigenvalue weighted by atomic mass is 10.1. The van der Waals surface area contributed by atoms with Crippen LogP contribution in [-0.4, -0.2) is 113 Å². The average molecular weight is 908 g/mol. The highest BCUT2D eigenvalue weighted by molar-refractivity contribution is 8.55. The number of rotatable bonds is 16. The van der Waals surface area contributed by atoms with E-state index in [9.17, 15) is 23.6 Å². The number of aromatic nitrogens is 8. The summed E-state index contributed by atoms with van der Waals surface area (Å²) in [6, 6.07) is 0. The number of carbonyl (C=O) groups excluding carboxylic acids is 1. The van der Waals surface area contributed by atoms with Gasteiger partial charge in [0.25, 0.3) is 5.56 Å². The number of nitrogens with zero attached hydrogens (tertiary/aromatic N) is 7. The summed E-state index contributed by atoms with van der Waals surface area (Å²) in [6.07, 6.45) is -0.144. The maximum Gasteiger partial charge on any atom is 0.394 e. The van der Waals surface area contributed by atoms with Gasteiger partial charge in [-0.1, -0.05) is 58.3 Å². The number of imidazole rings is 2. The summed E-state index contributed by atoms with van der Waals surface area (Å²) in [6.45, 7) is -4.26. The summed E-state index contributed by atoms with van der Waals surface area (Å²) < 4.78 is 103. The summed E-state index contributed by atoms with van der Waals surface area (Å²) in [7, 11) is -3.67. The number of ether oxygens (including phenoxy) is 4. The van der Waals surface area contributed by atoms with Crippen LogP contribution >= 0.6 is 25.8 Å². The van der Waals surface area contributed by atoms with E-state index in [1.165, 1.54) is 36.6 Å². The van der Waals surface area contributed by atoms with Gasteiger partial charge < -0.3 is 39.1 Å². The number of unbranched alkanes of at least 4 members (excludes halogenated alkanes) is 8. The highest BCUT2D eigenvalue weighted by atomic mass is 32.7. The van der Waals surface area contributed by atoms with Gasteiger partial charge in [0, 0.05) is 24.9 Å². The van der Waals surface area contributed by atoms with Gasteiger partial charge in [-0.3, -0.25) is 32.3 Å². The quantitative estimate of drug-likeness (QED) is 0.0543. The summed E-state index contributed by atoms with van der Waals surface area (Å²) >= 11 is 0.388. The Bertz CT molecular complexity index is 2200. The Balaban J connectivity index is 1.25. The van der Waals surface area contributed by atoms with Gasteiger partial charge in [-0.2, -0.15) is 0 Å². The van der Waals surface area contributed by atoms with E-state index in [0.29, 0.717) is 17.8 Å². The first-order chi connectivity index (χ1) is 28.8. The van der Waals surface area contributed by atoms with E-state index in [1.807, 2.05) is 0 Å². The second kappa shape index (κ2) is 21.1. The van der Waals surface area contributed by atoms with Crippen LogP contribution in [0.5, 0.6) is 0 Å². The maximum atomic E-state index is 16.8. The number of halogens is 2. The number of alkyl halides is 2. The zero-order valence-corrected chi connectivity index (χ0v) is 35.6. The molecule has 6 heterocycles. The Hall–Kier alpha value is -3.44. The van der Waals surface area contributed by atoms with Crippen molar-refractivity contribution in [2.75, 3.05) is 38.3 Å². The van der Waals surface area contributed by atoms with Gasteiger partial charge in [-0.15, -0.1) is 0 Å². The Morgan fingerprint density at radius 2 is 1.63 bits per heavy atom. The molecule has 60 heavy (non-hydrogen) atoms. The first kappa shape index (κ1) is 46.1. The van der Waals surface area contributed by atoms with Crippen LogP contribution in [0.2, 0.25) is 0 Å². The van der Waals surface area contributed by atoms with Gasteiger partial charge in [0.2, 0.25) is 0 Å². The van der Waals surface area contributed by atoms with Crippen molar-refractivity contribution in [3.05, 3.63) is 35.7 Å². The number of H-pyrrole nitrogens is 1. The van der Waals surface area contributed by atoms with Crippen molar-refractivity contribution in [2.24, 2.45) is 0 Å². The third kappa shape index (κ3) is 11.3. The molecule has 332 valence electrons. The molecule has 2 aliphatic rings. The zero-order chi connectivity index (χ0) is 42.9. The molecule has 0 radical (unpaired) electrons. The fraction of sp³-hybridized carbons (Fsp3) is 0.676. The molecule has 0 aliphatic carbocycles. The van der Waals surface area contributed by atoms with E-state index in [0.717, 1.165) is 56.3 Å². The summed E-state index contributed by atoms with van der Waals surface area (Å²) in [5, 5.41) is 0. The minimum absolute atomic E-state index is 0.00766. The maximum absolute atomic E-state index is 16.8. The molecule has 0 spiro atoms. The van der Waals surface area contributed by atoms with Crippen LogP contribution < -0.4 is 11.3 Å². The predicted molar refractivity (Wildman–Crippen MR) is 212 cm³/mol. The van der Waals surface area contributed by atoms with Crippen molar-refractivity contribution < 1.29 is 60.1 Å². The number of carbonyl (C=O) groups is 1. The van der Waals surface area contributed by atoms with Crippen LogP contribution in [0.1, 0.15) is 83.6 Å². The van der Waals surface area contributed by atoms with Gasteiger partial charge >= 0.3 is 20.4 Å². The number of aromatic amines is 1. The number of methoxy groups -OCH3 is 1. The molecule has 4 N–H and O–H groups in total. The molecule has 0 saturated carbocycles.